The van der Waals surface area contributed by atoms with Crippen LogP contribution in [0.3, 0.4) is 0 Å². The normalized spacial score (nSPS) is 18.0. The number of rotatable bonds is 7. The minimum atomic E-state index is -0.500. The average Bonchev–Trinajstić information content (AvgIpc) is 3.06. The van der Waals surface area contributed by atoms with Crippen LogP contribution in [0.15, 0.2) is 60.3 Å². The Morgan fingerprint density at radius 1 is 1.25 bits per heavy atom. The molecular formula is C21H22N4O3. The van der Waals surface area contributed by atoms with E-state index in [1.807, 2.05) is 32.1 Å². The first-order valence-electron chi connectivity index (χ1n) is 8.87. The molecule has 0 aliphatic carbocycles. The van der Waals surface area contributed by atoms with Gasteiger partial charge in [0.15, 0.2) is 0 Å². The Morgan fingerprint density at radius 2 is 2.00 bits per heavy atom. The molecule has 7 heteroatoms. The molecule has 0 spiro atoms. The number of anilines is 1. The zero-order valence-electron chi connectivity index (χ0n) is 15.8. The molecule has 2 aromatic carbocycles. The summed E-state index contributed by atoms with van der Waals surface area (Å²) in [5.74, 6) is -0.348. The minimum absolute atomic E-state index is 0.203. The molecule has 1 amide bonds. The van der Waals surface area contributed by atoms with Crippen molar-refractivity contribution in [2.45, 2.75) is 26.1 Å². The zero-order valence-corrected chi connectivity index (χ0v) is 15.8. The molecule has 1 aliphatic rings. The van der Waals surface area contributed by atoms with Crippen LogP contribution in [0.1, 0.15) is 35.3 Å². The number of nitrogens with one attached hydrogen (secondary N) is 3. The second kappa shape index (κ2) is 8.57. The van der Waals surface area contributed by atoms with Crippen molar-refractivity contribution in [3.8, 4) is 6.07 Å². The predicted molar refractivity (Wildman–Crippen MR) is 105 cm³/mol. The maximum atomic E-state index is 12.5. The molecule has 3 N–H and O–H groups in total. The lowest BCUT2D eigenvalue weighted by atomic mass is 10.1. The summed E-state index contributed by atoms with van der Waals surface area (Å²) in [4.78, 5) is 23.4. The van der Waals surface area contributed by atoms with E-state index in [0.717, 1.165) is 11.3 Å². The number of hydrogen-bond acceptors (Lipinski definition) is 6. The van der Waals surface area contributed by atoms with Crippen molar-refractivity contribution in [2.24, 2.45) is 0 Å². The highest BCUT2D eigenvalue weighted by Crippen LogP contribution is 2.22. The summed E-state index contributed by atoms with van der Waals surface area (Å²) in [6.45, 7) is 4.58. The van der Waals surface area contributed by atoms with E-state index in [9.17, 15) is 4.79 Å². The highest BCUT2D eigenvalue weighted by molar-refractivity contribution is 5.99. The van der Waals surface area contributed by atoms with Crippen LogP contribution in [0.2, 0.25) is 0 Å². The van der Waals surface area contributed by atoms with Gasteiger partial charge < -0.3 is 5.32 Å². The van der Waals surface area contributed by atoms with Crippen LogP contribution in [-0.2, 0) is 16.3 Å². The first-order valence-corrected chi connectivity index (χ1v) is 8.87. The van der Waals surface area contributed by atoms with Gasteiger partial charge in [0, 0.05) is 17.9 Å². The van der Waals surface area contributed by atoms with E-state index in [1.165, 1.54) is 0 Å². The van der Waals surface area contributed by atoms with Crippen LogP contribution in [-0.4, -0.2) is 18.1 Å². The Kier molecular flexibility index (Phi) is 5.94. The fraction of sp³-hybridized carbons (Fsp3) is 0.238. The van der Waals surface area contributed by atoms with Gasteiger partial charge in [-0.3, -0.25) is 19.9 Å². The first kappa shape index (κ1) is 19.4. The number of hydroxylamine groups is 2. The van der Waals surface area contributed by atoms with Crippen LogP contribution < -0.4 is 16.3 Å². The molecule has 1 heterocycles. The highest BCUT2D eigenvalue weighted by Gasteiger charge is 2.28. The van der Waals surface area contributed by atoms with Crippen LogP contribution in [0.5, 0.6) is 0 Å². The van der Waals surface area contributed by atoms with E-state index >= 15 is 0 Å². The van der Waals surface area contributed by atoms with Crippen molar-refractivity contribution in [3.05, 3.63) is 77.0 Å². The van der Waals surface area contributed by atoms with Gasteiger partial charge in [-0.15, -0.1) is 0 Å². The molecule has 2 aromatic rings. The lowest BCUT2D eigenvalue weighted by Crippen LogP contribution is -2.34. The number of carbonyl (C=O) groups excluding carboxylic acids is 1. The van der Waals surface area contributed by atoms with Crippen molar-refractivity contribution in [2.75, 3.05) is 11.9 Å². The Labute approximate surface area is 163 Å². The van der Waals surface area contributed by atoms with E-state index in [4.69, 9.17) is 14.9 Å². The second-order valence-corrected chi connectivity index (χ2v) is 6.77. The number of nitrogens with zero attached hydrogens (tertiary/aromatic N) is 1. The highest BCUT2D eigenvalue weighted by atomic mass is 16.7. The van der Waals surface area contributed by atoms with Crippen molar-refractivity contribution < 1.29 is 14.5 Å². The minimum Gasteiger partial charge on any atom is -0.381 e. The van der Waals surface area contributed by atoms with Crippen LogP contribution in [0, 0.1) is 11.3 Å². The average molecular weight is 378 g/mol. The number of nitriles is 1. The smallest absolute Gasteiger partial charge is 0.276 e. The molecular weight excluding hydrogens is 356 g/mol. The largest absolute Gasteiger partial charge is 0.381 e. The van der Waals surface area contributed by atoms with Crippen LogP contribution >= 0.6 is 0 Å². The Balaban J connectivity index is 1.57. The van der Waals surface area contributed by atoms with Crippen molar-refractivity contribution in [1.29, 1.82) is 5.26 Å². The molecule has 28 heavy (non-hydrogen) atoms. The van der Waals surface area contributed by atoms with Gasteiger partial charge >= 0.3 is 0 Å². The molecule has 1 atom stereocenters. The maximum absolute atomic E-state index is 12.5. The molecule has 0 saturated carbocycles. The summed E-state index contributed by atoms with van der Waals surface area (Å²) in [6.07, 6.45) is 1.99. The topological polar surface area (TPSA) is 95.4 Å². The van der Waals surface area contributed by atoms with Gasteiger partial charge in [0.25, 0.3) is 5.91 Å². The van der Waals surface area contributed by atoms with Gasteiger partial charge in [0.1, 0.15) is 5.60 Å². The number of benzene rings is 2. The van der Waals surface area contributed by atoms with Gasteiger partial charge in [-0.1, -0.05) is 24.3 Å². The Hall–Kier alpha value is -3.34. The quantitative estimate of drug-likeness (QED) is 0.641. The van der Waals surface area contributed by atoms with E-state index in [1.54, 1.807) is 36.4 Å². The van der Waals surface area contributed by atoms with Crippen molar-refractivity contribution in [3.63, 3.8) is 0 Å². The SMILES string of the molecule is CC1=CC(C)(CNc2ccccc2C(=O)NOCc2ccc(C#N)cc2)ON1. The molecule has 1 unspecified atom stereocenters. The lowest BCUT2D eigenvalue weighted by Gasteiger charge is -2.22. The number of para-hydroxylation sites is 1. The van der Waals surface area contributed by atoms with Crippen molar-refractivity contribution >= 4 is 11.6 Å². The number of carbonyl (C=O) groups is 1. The summed E-state index contributed by atoms with van der Waals surface area (Å²) in [5.41, 5.74) is 8.34. The summed E-state index contributed by atoms with van der Waals surface area (Å²) in [7, 11) is 0. The molecule has 0 aromatic heterocycles. The fourth-order valence-electron chi connectivity index (χ4n) is 2.82. The van der Waals surface area contributed by atoms with Crippen LogP contribution in [0.4, 0.5) is 5.69 Å². The number of allylic oxidation sites excluding steroid dienone is 1. The maximum Gasteiger partial charge on any atom is 0.276 e. The second-order valence-electron chi connectivity index (χ2n) is 6.77. The lowest BCUT2D eigenvalue weighted by molar-refractivity contribution is -0.0188. The van der Waals surface area contributed by atoms with Gasteiger partial charge in [-0.05, 0) is 49.8 Å². The Morgan fingerprint density at radius 3 is 2.68 bits per heavy atom. The summed E-state index contributed by atoms with van der Waals surface area (Å²) < 4.78 is 0. The summed E-state index contributed by atoms with van der Waals surface area (Å²) in [6, 6.07) is 16.2. The van der Waals surface area contributed by atoms with E-state index in [-0.39, 0.29) is 12.5 Å². The molecule has 0 fully saturated rings. The van der Waals surface area contributed by atoms with E-state index < -0.39 is 5.60 Å². The van der Waals surface area contributed by atoms with Gasteiger partial charge in [-0.25, -0.2) is 5.48 Å². The fourth-order valence-corrected chi connectivity index (χ4v) is 2.82. The summed E-state index contributed by atoms with van der Waals surface area (Å²) in [5, 5.41) is 12.1. The monoisotopic (exact) mass is 378 g/mol. The molecule has 1 aliphatic heterocycles. The molecule has 0 saturated heterocycles. The van der Waals surface area contributed by atoms with Gasteiger partial charge in [-0.2, -0.15) is 5.26 Å². The molecule has 7 nitrogen and oxygen atoms in total. The van der Waals surface area contributed by atoms with Crippen LogP contribution in [0.25, 0.3) is 0 Å². The number of hydrogen-bond donors (Lipinski definition) is 3. The third kappa shape index (κ3) is 4.88. The van der Waals surface area contributed by atoms with E-state index in [0.29, 0.717) is 23.4 Å². The molecule has 3 rings (SSSR count). The first-order chi connectivity index (χ1) is 13.5. The molecule has 0 bridgehead atoms. The third-order valence-electron chi connectivity index (χ3n) is 4.26. The van der Waals surface area contributed by atoms with Crippen molar-refractivity contribution in [1.82, 2.24) is 11.0 Å². The third-order valence-corrected chi connectivity index (χ3v) is 4.26. The molecule has 144 valence electrons. The van der Waals surface area contributed by atoms with E-state index in [2.05, 4.69) is 22.3 Å². The summed E-state index contributed by atoms with van der Waals surface area (Å²) >= 11 is 0. The standard InChI is InChI=1S/C21H22N4O3/c1-15-11-21(2,28-24-15)14-23-19-6-4-3-5-18(19)20(26)25-27-13-17-9-7-16(12-22)8-10-17/h3-11,23-24H,13-14H2,1-2H3,(H,25,26). The Bertz CT molecular complexity index is 918. The van der Waals surface area contributed by atoms with Gasteiger partial charge in [0.2, 0.25) is 0 Å². The predicted octanol–water partition coefficient (Wildman–Crippen LogP) is 3.03. The number of amides is 1. The zero-order chi connectivity index (χ0) is 20.0. The molecule has 0 radical (unpaired) electrons. The van der Waals surface area contributed by atoms with Gasteiger partial charge in [0.05, 0.1) is 23.8 Å².